The van der Waals surface area contributed by atoms with Crippen LogP contribution in [0.25, 0.3) is 0 Å². The monoisotopic (exact) mass is 328 g/mol. The molecule has 128 valence electrons. The third kappa shape index (κ3) is 4.49. The number of ether oxygens (including phenoxy) is 2. The zero-order valence-corrected chi connectivity index (χ0v) is 14.3. The van der Waals surface area contributed by atoms with Crippen molar-refractivity contribution in [3.8, 4) is 11.5 Å². The molecule has 3 N–H and O–H groups in total. The Hall–Kier alpha value is -2.53. The number of hydrogen-bond acceptors (Lipinski definition) is 4. The van der Waals surface area contributed by atoms with E-state index in [0.717, 1.165) is 11.1 Å². The van der Waals surface area contributed by atoms with Crippen molar-refractivity contribution < 1.29 is 14.3 Å². The van der Waals surface area contributed by atoms with Crippen molar-refractivity contribution >= 4 is 5.91 Å². The summed E-state index contributed by atoms with van der Waals surface area (Å²) in [6, 6.07) is 14.5. The maximum absolute atomic E-state index is 12.3. The van der Waals surface area contributed by atoms with Gasteiger partial charge in [0.2, 0.25) is 5.91 Å². The van der Waals surface area contributed by atoms with E-state index < -0.39 is 6.04 Å². The van der Waals surface area contributed by atoms with E-state index >= 15 is 0 Å². The highest BCUT2D eigenvalue weighted by Gasteiger charge is 2.18. The summed E-state index contributed by atoms with van der Waals surface area (Å²) in [5, 5.41) is 2.94. The van der Waals surface area contributed by atoms with E-state index in [1.54, 1.807) is 14.2 Å². The van der Waals surface area contributed by atoms with Crippen LogP contribution in [0.4, 0.5) is 0 Å². The first-order chi connectivity index (χ1) is 11.5. The van der Waals surface area contributed by atoms with E-state index in [1.807, 2.05) is 55.5 Å². The van der Waals surface area contributed by atoms with Gasteiger partial charge in [-0.3, -0.25) is 4.79 Å². The van der Waals surface area contributed by atoms with E-state index in [2.05, 4.69) is 5.32 Å². The molecule has 0 radical (unpaired) electrons. The van der Waals surface area contributed by atoms with Gasteiger partial charge in [-0.25, -0.2) is 0 Å². The topological polar surface area (TPSA) is 73.6 Å². The average Bonchev–Trinajstić information content (AvgIpc) is 2.61. The van der Waals surface area contributed by atoms with Crippen molar-refractivity contribution in [3.63, 3.8) is 0 Å². The third-order valence-electron chi connectivity index (χ3n) is 3.90. The van der Waals surface area contributed by atoms with Crippen LogP contribution in [0.5, 0.6) is 11.5 Å². The highest BCUT2D eigenvalue weighted by atomic mass is 16.5. The molecule has 2 aromatic rings. The van der Waals surface area contributed by atoms with Gasteiger partial charge in [-0.05, 0) is 36.6 Å². The van der Waals surface area contributed by atoms with Crippen LogP contribution in [0.2, 0.25) is 0 Å². The predicted octanol–water partition coefficient (Wildman–Crippen LogP) is 2.45. The summed E-state index contributed by atoms with van der Waals surface area (Å²) in [6.07, 6.45) is 0.505. The number of nitrogens with two attached hydrogens (primary N) is 1. The Balaban J connectivity index is 2.00. The minimum absolute atomic E-state index is 0.180. The maximum atomic E-state index is 12.3. The van der Waals surface area contributed by atoms with Crippen LogP contribution in [-0.2, 0) is 11.2 Å². The average molecular weight is 328 g/mol. The summed E-state index contributed by atoms with van der Waals surface area (Å²) >= 11 is 0. The SMILES string of the molecule is COc1ccc(C(C)NC(=O)[C@@H](N)Cc2ccccc2)cc1OC. The second kappa shape index (κ2) is 8.36. The van der Waals surface area contributed by atoms with Crippen LogP contribution in [0.1, 0.15) is 24.1 Å². The second-order valence-corrected chi connectivity index (χ2v) is 5.64. The molecule has 5 nitrogen and oxygen atoms in total. The van der Waals surface area contributed by atoms with Crippen molar-refractivity contribution in [2.45, 2.75) is 25.4 Å². The molecular formula is C19H24N2O3. The van der Waals surface area contributed by atoms with Crippen molar-refractivity contribution in [3.05, 3.63) is 59.7 Å². The van der Waals surface area contributed by atoms with Gasteiger partial charge < -0.3 is 20.5 Å². The number of benzene rings is 2. The Bertz CT molecular complexity index is 674. The molecule has 0 heterocycles. The molecule has 0 aromatic heterocycles. The number of amides is 1. The molecule has 1 unspecified atom stereocenters. The smallest absolute Gasteiger partial charge is 0.237 e. The first-order valence-corrected chi connectivity index (χ1v) is 7.87. The summed E-state index contributed by atoms with van der Waals surface area (Å²) in [6.45, 7) is 1.91. The Morgan fingerprint density at radius 2 is 1.75 bits per heavy atom. The van der Waals surface area contributed by atoms with Crippen LogP contribution in [0.15, 0.2) is 48.5 Å². The minimum atomic E-state index is -0.588. The summed E-state index contributed by atoms with van der Waals surface area (Å²) in [5.74, 6) is 1.10. The molecule has 5 heteroatoms. The van der Waals surface area contributed by atoms with Gasteiger partial charge in [0.25, 0.3) is 0 Å². The lowest BCUT2D eigenvalue weighted by atomic mass is 10.0. The lowest BCUT2D eigenvalue weighted by Gasteiger charge is -2.19. The Morgan fingerprint density at radius 1 is 1.08 bits per heavy atom. The van der Waals surface area contributed by atoms with Gasteiger partial charge in [0.05, 0.1) is 26.3 Å². The molecule has 2 aromatic carbocycles. The second-order valence-electron chi connectivity index (χ2n) is 5.64. The number of carbonyl (C=O) groups excluding carboxylic acids is 1. The van der Waals surface area contributed by atoms with Crippen LogP contribution in [-0.4, -0.2) is 26.2 Å². The largest absolute Gasteiger partial charge is 0.493 e. The van der Waals surface area contributed by atoms with Gasteiger partial charge in [-0.1, -0.05) is 36.4 Å². The zero-order chi connectivity index (χ0) is 17.5. The van der Waals surface area contributed by atoms with Crippen molar-refractivity contribution in [2.24, 2.45) is 5.73 Å². The van der Waals surface area contributed by atoms with Crippen LogP contribution < -0.4 is 20.5 Å². The summed E-state index contributed by atoms with van der Waals surface area (Å²) in [5.41, 5.74) is 7.99. The molecule has 0 saturated heterocycles. The quantitative estimate of drug-likeness (QED) is 0.819. The lowest BCUT2D eigenvalue weighted by Crippen LogP contribution is -2.42. The van der Waals surface area contributed by atoms with E-state index in [0.29, 0.717) is 17.9 Å². The first-order valence-electron chi connectivity index (χ1n) is 7.87. The summed E-state index contributed by atoms with van der Waals surface area (Å²) < 4.78 is 10.5. The molecule has 1 amide bonds. The number of methoxy groups -OCH3 is 2. The van der Waals surface area contributed by atoms with Gasteiger partial charge in [0, 0.05) is 0 Å². The molecule has 0 fully saturated rings. The Labute approximate surface area is 142 Å². The van der Waals surface area contributed by atoms with Crippen LogP contribution in [0.3, 0.4) is 0 Å². The molecule has 0 spiro atoms. The summed E-state index contributed by atoms with van der Waals surface area (Å²) in [7, 11) is 3.17. The molecule has 0 aliphatic rings. The van der Waals surface area contributed by atoms with E-state index in [-0.39, 0.29) is 11.9 Å². The standard InChI is InChI=1S/C19H24N2O3/c1-13(15-9-10-17(23-2)18(12-15)24-3)21-19(22)16(20)11-14-7-5-4-6-8-14/h4-10,12-13,16H,11,20H2,1-3H3,(H,21,22)/t13?,16-/m0/s1. The van der Waals surface area contributed by atoms with Crippen molar-refractivity contribution in [1.29, 1.82) is 0 Å². The highest BCUT2D eigenvalue weighted by molar-refractivity contribution is 5.82. The van der Waals surface area contributed by atoms with E-state index in [9.17, 15) is 4.79 Å². The van der Waals surface area contributed by atoms with Crippen LogP contribution in [0, 0.1) is 0 Å². The Morgan fingerprint density at radius 3 is 2.38 bits per heavy atom. The molecule has 2 rings (SSSR count). The number of nitrogens with one attached hydrogen (secondary N) is 1. The fraction of sp³-hybridized carbons (Fsp3) is 0.316. The highest BCUT2D eigenvalue weighted by Crippen LogP contribution is 2.29. The molecular weight excluding hydrogens is 304 g/mol. The third-order valence-corrected chi connectivity index (χ3v) is 3.90. The Kier molecular flexibility index (Phi) is 6.21. The van der Waals surface area contributed by atoms with Crippen molar-refractivity contribution in [2.75, 3.05) is 14.2 Å². The van der Waals surface area contributed by atoms with Crippen molar-refractivity contribution in [1.82, 2.24) is 5.32 Å². The van der Waals surface area contributed by atoms with Gasteiger partial charge in [0.1, 0.15) is 0 Å². The van der Waals surface area contributed by atoms with Crippen LogP contribution >= 0.6 is 0 Å². The molecule has 0 bridgehead atoms. The van der Waals surface area contributed by atoms with Gasteiger partial charge in [0.15, 0.2) is 11.5 Å². The van der Waals surface area contributed by atoms with E-state index in [1.165, 1.54) is 0 Å². The molecule has 0 saturated carbocycles. The molecule has 2 atom stereocenters. The maximum Gasteiger partial charge on any atom is 0.237 e. The number of carbonyl (C=O) groups is 1. The van der Waals surface area contributed by atoms with Gasteiger partial charge >= 0.3 is 0 Å². The fourth-order valence-electron chi connectivity index (χ4n) is 2.49. The summed E-state index contributed by atoms with van der Waals surface area (Å²) in [4.78, 5) is 12.3. The zero-order valence-electron chi connectivity index (χ0n) is 14.3. The first kappa shape index (κ1) is 17.8. The molecule has 0 aliphatic heterocycles. The van der Waals surface area contributed by atoms with E-state index in [4.69, 9.17) is 15.2 Å². The number of rotatable bonds is 7. The fourth-order valence-corrected chi connectivity index (χ4v) is 2.49. The molecule has 24 heavy (non-hydrogen) atoms. The number of hydrogen-bond donors (Lipinski definition) is 2. The normalized spacial score (nSPS) is 13.0. The van der Waals surface area contributed by atoms with Gasteiger partial charge in [-0.2, -0.15) is 0 Å². The minimum Gasteiger partial charge on any atom is -0.493 e. The van der Waals surface area contributed by atoms with Gasteiger partial charge in [-0.15, -0.1) is 0 Å². The molecule has 0 aliphatic carbocycles. The predicted molar refractivity (Wildman–Crippen MR) is 94.2 cm³/mol. The lowest BCUT2D eigenvalue weighted by molar-refractivity contribution is -0.123.